The van der Waals surface area contributed by atoms with Crippen LogP contribution >= 0.6 is 0 Å². The van der Waals surface area contributed by atoms with Gasteiger partial charge in [0.15, 0.2) is 6.29 Å². The van der Waals surface area contributed by atoms with Crippen LogP contribution in [0.25, 0.3) is 0 Å². The van der Waals surface area contributed by atoms with Crippen molar-refractivity contribution in [3.8, 4) is 0 Å². The van der Waals surface area contributed by atoms with Crippen molar-refractivity contribution in [3.05, 3.63) is 17.8 Å². The highest BCUT2D eigenvalue weighted by Crippen LogP contribution is 2.36. The Morgan fingerprint density at radius 3 is 2.58 bits per heavy atom. The predicted molar refractivity (Wildman–Crippen MR) is 100 cm³/mol. The second-order valence-corrected chi connectivity index (χ2v) is 7.78. The molecule has 0 aromatic carbocycles. The average Bonchev–Trinajstić information content (AvgIpc) is 2.83. The minimum Gasteiger partial charge on any atom is -0.399 e. The van der Waals surface area contributed by atoms with E-state index in [0.717, 1.165) is 19.3 Å². The fraction of sp³-hybridized carbons (Fsp3) is 0.611. The summed E-state index contributed by atoms with van der Waals surface area (Å²) in [5.41, 5.74) is 0.0158. The van der Waals surface area contributed by atoms with E-state index in [1.54, 1.807) is 12.3 Å². The van der Waals surface area contributed by atoms with Crippen molar-refractivity contribution in [2.45, 2.75) is 64.4 Å². The third-order valence-electron chi connectivity index (χ3n) is 5.32. The Morgan fingerprint density at radius 2 is 2.00 bits per heavy atom. The van der Waals surface area contributed by atoms with Gasteiger partial charge in [-0.1, -0.05) is 0 Å². The average molecular weight is 359 g/mol. The molecule has 0 bridgehead atoms. The van der Waals surface area contributed by atoms with Crippen molar-refractivity contribution < 1.29 is 18.8 Å². The number of anilines is 1. The molecule has 1 aromatic heterocycles. The fourth-order valence-electron chi connectivity index (χ4n) is 2.98. The van der Waals surface area contributed by atoms with E-state index < -0.39 is 18.3 Å². The van der Waals surface area contributed by atoms with Gasteiger partial charge in [0, 0.05) is 23.8 Å². The molecule has 140 valence electrons. The first-order valence-electron chi connectivity index (χ1n) is 9.01. The highest BCUT2D eigenvalue weighted by Gasteiger charge is 2.52. The summed E-state index contributed by atoms with van der Waals surface area (Å²) in [6.45, 7) is 8.61. The standard InChI is InChI=1S/C18H26BN3O4/c1-17(2)18(3,4)26-19(25-17)12-9-13(14(20)11-23)16(21-10-12)22-15-7-5-6-8-24-15/h9-11,15,20H,5-8H2,1-4H3,(H,21,22). The Kier molecular flexibility index (Phi) is 5.19. The van der Waals surface area contributed by atoms with Crippen LogP contribution in [0.4, 0.5) is 5.82 Å². The maximum atomic E-state index is 11.2. The number of hydrogen-bond donors (Lipinski definition) is 2. The van der Waals surface area contributed by atoms with Gasteiger partial charge in [0.1, 0.15) is 17.8 Å². The number of nitrogens with one attached hydrogen (secondary N) is 2. The van der Waals surface area contributed by atoms with Crippen LogP contribution in [0.15, 0.2) is 12.3 Å². The number of carbonyl (C=O) groups is 1. The summed E-state index contributed by atoms with van der Waals surface area (Å²) in [6.07, 6.45) is 5.01. The van der Waals surface area contributed by atoms with Gasteiger partial charge in [0.25, 0.3) is 0 Å². The highest BCUT2D eigenvalue weighted by atomic mass is 16.7. The number of aldehydes is 1. The first-order chi connectivity index (χ1) is 12.2. The minimum atomic E-state index is -0.592. The lowest BCUT2D eigenvalue weighted by Crippen LogP contribution is -2.41. The summed E-state index contributed by atoms with van der Waals surface area (Å²) in [5.74, 6) is 0.467. The molecule has 0 aliphatic carbocycles. The minimum absolute atomic E-state index is 0.144. The van der Waals surface area contributed by atoms with Crippen molar-refractivity contribution in [3.63, 3.8) is 0 Å². The Labute approximate surface area is 154 Å². The molecule has 3 heterocycles. The molecule has 0 amide bonds. The number of hydrogen-bond acceptors (Lipinski definition) is 7. The number of aromatic nitrogens is 1. The Hall–Kier alpha value is -1.77. The normalized spacial score (nSPS) is 24.3. The van der Waals surface area contributed by atoms with Crippen LogP contribution in [-0.4, -0.2) is 48.1 Å². The summed E-state index contributed by atoms with van der Waals surface area (Å²) < 4.78 is 17.8. The number of pyridine rings is 1. The topological polar surface area (TPSA) is 93.5 Å². The van der Waals surface area contributed by atoms with Crippen LogP contribution in [0.5, 0.6) is 0 Å². The van der Waals surface area contributed by atoms with Crippen molar-refractivity contribution in [2.75, 3.05) is 11.9 Å². The monoisotopic (exact) mass is 359 g/mol. The summed E-state index contributed by atoms with van der Waals surface area (Å²) >= 11 is 0. The van der Waals surface area contributed by atoms with E-state index in [9.17, 15) is 4.79 Å². The lowest BCUT2D eigenvalue weighted by atomic mass is 9.79. The van der Waals surface area contributed by atoms with E-state index in [1.165, 1.54) is 0 Å². The number of ether oxygens (including phenoxy) is 1. The Balaban J connectivity index is 1.87. The van der Waals surface area contributed by atoms with Gasteiger partial charge in [-0.3, -0.25) is 10.2 Å². The van der Waals surface area contributed by atoms with Crippen LogP contribution in [0.1, 0.15) is 52.5 Å². The zero-order valence-electron chi connectivity index (χ0n) is 15.8. The van der Waals surface area contributed by atoms with Gasteiger partial charge < -0.3 is 19.4 Å². The molecule has 1 atom stereocenters. The largest absolute Gasteiger partial charge is 0.496 e. The summed E-state index contributed by atoms with van der Waals surface area (Å²) in [5, 5.41) is 11.2. The second-order valence-electron chi connectivity index (χ2n) is 7.78. The molecule has 2 fully saturated rings. The predicted octanol–water partition coefficient (Wildman–Crippen LogP) is 1.89. The van der Waals surface area contributed by atoms with Crippen molar-refractivity contribution in [2.24, 2.45) is 0 Å². The molecule has 0 spiro atoms. The quantitative estimate of drug-likeness (QED) is 0.474. The van der Waals surface area contributed by atoms with Crippen LogP contribution < -0.4 is 10.8 Å². The SMILES string of the molecule is CC1(C)OB(c2cnc(NC3CCCCO3)c(C(=N)C=O)c2)OC1(C)C. The number of nitrogens with zero attached hydrogens (tertiary/aromatic N) is 1. The van der Waals surface area contributed by atoms with Crippen molar-refractivity contribution >= 4 is 30.4 Å². The molecule has 8 heteroatoms. The lowest BCUT2D eigenvalue weighted by Gasteiger charge is -2.32. The molecule has 0 saturated carbocycles. The highest BCUT2D eigenvalue weighted by molar-refractivity contribution is 6.62. The molecule has 0 radical (unpaired) electrons. The molecule has 2 N–H and O–H groups in total. The smallest absolute Gasteiger partial charge is 0.399 e. The molecule has 3 rings (SSSR count). The maximum Gasteiger partial charge on any atom is 0.496 e. The maximum absolute atomic E-state index is 11.2. The van der Waals surface area contributed by atoms with Crippen LogP contribution in [-0.2, 0) is 18.8 Å². The molecule has 2 aliphatic heterocycles. The molecule has 26 heavy (non-hydrogen) atoms. The lowest BCUT2D eigenvalue weighted by molar-refractivity contribution is -0.102. The molecule has 2 saturated heterocycles. The van der Waals surface area contributed by atoms with Gasteiger partial charge in [-0.15, -0.1) is 0 Å². The van der Waals surface area contributed by atoms with Gasteiger partial charge in [0.05, 0.1) is 11.2 Å². The van der Waals surface area contributed by atoms with E-state index >= 15 is 0 Å². The first kappa shape index (κ1) is 19.0. The zero-order chi connectivity index (χ0) is 18.9. The molecule has 1 unspecified atom stereocenters. The third-order valence-corrected chi connectivity index (χ3v) is 5.32. The molecule has 2 aliphatic rings. The first-order valence-corrected chi connectivity index (χ1v) is 9.01. The Bertz CT molecular complexity index is 686. The zero-order valence-corrected chi connectivity index (χ0v) is 15.8. The van der Waals surface area contributed by atoms with Crippen LogP contribution in [0.2, 0.25) is 0 Å². The molecular formula is C18H26BN3O4. The van der Waals surface area contributed by atoms with Crippen molar-refractivity contribution in [1.82, 2.24) is 4.98 Å². The van der Waals surface area contributed by atoms with Gasteiger partial charge in [0.2, 0.25) is 0 Å². The van der Waals surface area contributed by atoms with E-state index in [-0.39, 0.29) is 11.9 Å². The third kappa shape index (κ3) is 3.67. The fourth-order valence-corrected chi connectivity index (χ4v) is 2.98. The van der Waals surface area contributed by atoms with Gasteiger partial charge >= 0.3 is 7.12 Å². The van der Waals surface area contributed by atoms with E-state index in [2.05, 4.69) is 10.3 Å². The van der Waals surface area contributed by atoms with E-state index in [0.29, 0.717) is 29.7 Å². The summed E-state index contributed by atoms with van der Waals surface area (Å²) in [4.78, 5) is 15.6. The van der Waals surface area contributed by atoms with Crippen LogP contribution in [0.3, 0.4) is 0 Å². The Morgan fingerprint density at radius 1 is 1.31 bits per heavy atom. The van der Waals surface area contributed by atoms with E-state index in [4.69, 9.17) is 19.5 Å². The second kappa shape index (κ2) is 7.10. The van der Waals surface area contributed by atoms with Crippen LogP contribution in [0, 0.1) is 5.41 Å². The molecule has 7 nitrogen and oxygen atoms in total. The van der Waals surface area contributed by atoms with Crippen molar-refractivity contribution in [1.29, 1.82) is 5.41 Å². The molecular weight excluding hydrogens is 333 g/mol. The summed E-state index contributed by atoms with van der Waals surface area (Å²) in [7, 11) is -0.592. The summed E-state index contributed by atoms with van der Waals surface area (Å²) in [6, 6.07) is 1.73. The molecule has 1 aromatic rings. The van der Waals surface area contributed by atoms with Gasteiger partial charge in [-0.05, 0) is 53.0 Å². The van der Waals surface area contributed by atoms with E-state index in [1.807, 2.05) is 27.7 Å². The van der Waals surface area contributed by atoms with Gasteiger partial charge in [-0.2, -0.15) is 0 Å². The number of rotatable bonds is 5. The van der Waals surface area contributed by atoms with Gasteiger partial charge in [-0.25, -0.2) is 4.98 Å². The number of carbonyl (C=O) groups excluding carboxylic acids is 1.